The van der Waals surface area contributed by atoms with Gasteiger partial charge in [0.2, 0.25) is 0 Å². The van der Waals surface area contributed by atoms with Crippen molar-refractivity contribution in [2.75, 3.05) is 19.7 Å². The van der Waals surface area contributed by atoms with E-state index in [4.69, 9.17) is 27.4 Å². The number of carboxylic acids is 1. The first-order valence-corrected chi connectivity index (χ1v) is 14.3. The minimum Gasteiger partial charge on any atom is -0.479 e. The van der Waals surface area contributed by atoms with E-state index in [1.54, 1.807) is 24.3 Å². The molecule has 0 aliphatic carbocycles. The maximum absolute atomic E-state index is 11.6. The summed E-state index contributed by atoms with van der Waals surface area (Å²) in [6.45, 7) is 3.73. The quantitative estimate of drug-likeness (QED) is 0.310. The van der Waals surface area contributed by atoms with Gasteiger partial charge in [0.15, 0.2) is 17.4 Å². The Kier molecular flexibility index (Phi) is 6.63. The van der Waals surface area contributed by atoms with Gasteiger partial charge in [0.1, 0.15) is 17.1 Å². The number of rotatable bonds is 7. The van der Waals surface area contributed by atoms with E-state index in [9.17, 15) is 9.90 Å². The summed E-state index contributed by atoms with van der Waals surface area (Å²) in [4.78, 5) is 27.6. The standard InChI is InChI=1S/C31H30ClN5O4/c32-21-5-6-24(33-16-21)27-9-4-20-2-1-3-23(29(20)41-27)19-10-13-36(14-11-19)18-28-34-25-7-8-26(31(38)39)35-30(25)37(28)17-22-12-15-40-22/h1-9,16,19,22,27H,10-15,17-18H2,(H,38,39)/t22-,27+/m0/s1/i27D. The van der Waals surface area contributed by atoms with Gasteiger partial charge in [-0.3, -0.25) is 9.88 Å². The smallest absolute Gasteiger partial charge is 0.354 e. The van der Waals surface area contributed by atoms with Crippen LogP contribution in [0.25, 0.3) is 17.2 Å². The molecule has 9 nitrogen and oxygen atoms in total. The summed E-state index contributed by atoms with van der Waals surface area (Å²) >= 11 is 6.02. The molecule has 0 spiro atoms. The number of pyridine rings is 2. The van der Waals surface area contributed by atoms with Crippen molar-refractivity contribution in [2.24, 2.45) is 0 Å². The Balaban J connectivity index is 1.09. The molecule has 3 aromatic heterocycles. The molecule has 2 atom stereocenters. The first-order valence-electron chi connectivity index (χ1n) is 14.4. The van der Waals surface area contributed by atoms with Crippen LogP contribution in [0.5, 0.6) is 5.75 Å². The summed E-state index contributed by atoms with van der Waals surface area (Å²) in [5.41, 5.74) is 3.86. The van der Waals surface area contributed by atoms with Gasteiger partial charge in [0.25, 0.3) is 0 Å². The lowest BCUT2D eigenvalue weighted by atomic mass is 9.87. The second-order valence-electron chi connectivity index (χ2n) is 10.7. The Morgan fingerprint density at radius 1 is 1.12 bits per heavy atom. The van der Waals surface area contributed by atoms with E-state index in [-0.39, 0.29) is 17.7 Å². The molecule has 6 heterocycles. The van der Waals surface area contributed by atoms with Crippen molar-refractivity contribution >= 4 is 34.8 Å². The molecular weight excluding hydrogens is 542 g/mol. The Bertz CT molecular complexity index is 1680. The minimum atomic E-state index is -1.42. The molecule has 41 heavy (non-hydrogen) atoms. The van der Waals surface area contributed by atoms with Crippen molar-refractivity contribution in [3.63, 3.8) is 0 Å². The fourth-order valence-corrected chi connectivity index (χ4v) is 5.94. The van der Waals surface area contributed by atoms with Gasteiger partial charge < -0.3 is 19.1 Å². The van der Waals surface area contributed by atoms with Crippen molar-refractivity contribution in [1.29, 1.82) is 0 Å². The highest BCUT2D eigenvalue weighted by atomic mass is 35.5. The van der Waals surface area contributed by atoms with Gasteiger partial charge in [-0.15, -0.1) is 0 Å². The van der Waals surface area contributed by atoms with E-state index in [1.807, 2.05) is 16.7 Å². The van der Waals surface area contributed by atoms with Crippen LogP contribution < -0.4 is 4.74 Å². The van der Waals surface area contributed by atoms with Crippen LogP contribution in [-0.4, -0.2) is 61.3 Å². The summed E-state index contributed by atoms with van der Waals surface area (Å²) in [6.07, 6.45) is 6.71. The SMILES string of the molecule is [2H][C@]1(c2ccc(Cl)cn2)C=Cc2cccc(C3CCN(Cc4nc5ccc(C(=O)O)nc5n4C[C@@H]4CCO4)CC3)c2O1. The molecule has 2 fully saturated rings. The van der Waals surface area contributed by atoms with Gasteiger partial charge >= 0.3 is 5.97 Å². The number of aromatic nitrogens is 4. The summed E-state index contributed by atoms with van der Waals surface area (Å²) < 4.78 is 23.1. The molecule has 3 aliphatic rings. The molecule has 2 saturated heterocycles. The zero-order chi connectivity index (χ0) is 28.8. The molecular formula is C31H30ClN5O4. The second-order valence-corrected chi connectivity index (χ2v) is 11.2. The third-order valence-corrected chi connectivity index (χ3v) is 8.37. The molecule has 0 amide bonds. The third kappa shape index (κ3) is 5.21. The van der Waals surface area contributed by atoms with Crippen molar-refractivity contribution in [3.8, 4) is 5.75 Å². The monoisotopic (exact) mass is 572 g/mol. The van der Waals surface area contributed by atoms with Gasteiger partial charge in [-0.1, -0.05) is 35.9 Å². The first-order chi connectivity index (χ1) is 20.4. The van der Waals surface area contributed by atoms with E-state index in [0.29, 0.717) is 35.0 Å². The molecule has 0 bridgehead atoms. The van der Waals surface area contributed by atoms with Crippen LogP contribution in [0.2, 0.25) is 5.02 Å². The van der Waals surface area contributed by atoms with E-state index in [0.717, 1.165) is 61.7 Å². The maximum Gasteiger partial charge on any atom is 0.354 e. The molecule has 10 heteroatoms. The molecule has 7 rings (SSSR count). The lowest BCUT2D eigenvalue weighted by Gasteiger charge is -2.34. The number of nitrogens with zero attached hydrogens (tertiary/aromatic N) is 5. The second kappa shape index (κ2) is 10.9. The van der Waals surface area contributed by atoms with Crippen molar-refractivity contribution < 1.29 is 20.7 Å². The van der Waals surface area contributed by atoms with Crippen LogP contribution in [0.4, 0.5) is 0 Å². The van der Waals surface area contributed by atoms with Crippen molar-refractivity contribution in [2.45, 2.75) is 50.5 Å². The lowest BCUT2D eigenvalue weighted by Crippen LogP contribution is -2.35. The highest BCUT2D eigenvalue weighted by molar-refractivity contribution is 6.30. The van der Waals surface area contributed by atoms with Gasteiger partial charge in [0, 0.05) is 18.4 Å². The Morgan fingerprint density at radius 3 is 2.71 bits per heavy atom. The molecule has 4 aromatic rings. The molecule has 0 unspecified atom stereocenters. The topological polar surface area (TPSA) is 103 Å². The predicted molar refractivity (Wildman–Crippen MR) is 154 cm³/mol. The van der Waals surface area contributed by atoms with Crippen LogP contribution in [-0.2, 0) is 17.8 Å². The number of likely N-dealkylation sites (tertiary alicyclic amines) is 1. The highest BCUT2D eigenvalue weighted by Gasteiger charge is 2.29. The Morgan fingerprint density at radius 2 is 1.98 bits per heavy atom. The van der Waals surface area contributed by atoms with E-state index in [1.165, 1.54) is 12.3 Å². The van der Waals surface area contributed by atoms with Gasteiger partial charge in [-0.05, 0) is 74.2 Å². The Hall–Kier alpha value is -3.79. The zero-order valence-electron chi connectivity index (χ0n) is 23.4. The van der Waals surface area contributed by atoms with Crippen molar-refractivity contribution in [1.82, 2.24) is 24.4 Å². The summed E-state index contributed by atoms with van der Waals surface area (Å²) in [5.74, 6) is 0.844. The summed E-state index contributed by atoms with van der Waals surface area (Å²) in [5, 5.41) is 9.99. The molecule has 0 saturated carbocycles. The lowest BCUT2D eigenvalue weighted by molar-refractivity contribution is -0.0593. The number of halogens is 1. The fourth-order valence-electron chi connectivity index (χ4n) is 5.83. The van der Waals surface area contributed by atoms with E-state index in [2.05, 4.69) is 27.0 Å². The van der Waals surface area contributed by atoms with Crippen LogP contribution in [0.15, 0.2) is 54.7 Å². The number of imidazole rings is 1. The number of hydrogen-bond acceptors (Lipinski definition) is 7. The molecule has 1 N–H and O–H groups in total. The Labute approximate surface area is 243 Å². The van der Waals surface area contributed by atoms with Gasteiger partial charge in [0.05, 0.1) is 31.3 Å². The van der Waals surface area contributed by atoms with E-state index >= 15 is 0 Å². The average Bonchev–Trinajstić information content (AvgIpc) is 3.31. The number of benzene rings is 1. The van der Waals surface area contributed by atoms with Crippen molar-refractivity contribution in [3.05, 3.63) is 88.1 Å². The minimum absolute atomic E-state index is 0.0114. The average molecular weight is 573 g/mol. The molecule has 210 valence electrons. The van der Waals surface area contributed by atoms with Crippen LogP contribution >= 0.6 is 11.6 Å². The normalized spacial score (nSPS) is 23.0. The van der Waals surface area contributed by atoms with Crippen LogP contribution in [0.1, 0.15) is 65.8 Å². The number of carbonyl (C=O) groups is 1. The van der Waals surface area contributed by atoms with E-state index < -0.39 is 12.0 Å². The predicted octanol–water partition coefficient (Wildman–Crippen LogP) is 5.49. The number of hydrogen-bond donors (Lipinski definition) is 1. The summed E-state index contributed by atoms with van der Waals surface area (Å²) in [7, 11) is 0. The number of piperidine rings is 1. The zero-order valence-corrected chi connectivity index (χ0v) is 23.1. The number of ether oxygens (including phenoxy) is 2. The largest absolute Gasteiger partial charge is 0.479 e. The highest BCUT2D eigenvalue weighted by Crippen LogP contribution is 2.41. The van der Waals surface area contributed by atoms with Crippen LogP contribution in [0.3, 0.4) is 0 Å². The maximum atomic E-state index is 11.6. The number of carboxylic acid groups (broad SMARTS) is 1. The fraction of sp³-hybridized carbons (Fsp3) is 0.355. The van der Waals surface area contributed by atoms with Gasteiger partial charge in [-0.2, -0.15) is 0 Å². The first kappa shape index (κ1) is 25.0. The molecule has 0 radical (unpaired) electrons. The van der Waals surface area contributed by atoms with Crippen LogP contribution in [0, 0.1) is 0 Å². The summed E-state index contributed by atoms with van der Waals surface area (Å²) in [6, 6.07) is 12.9. The molecule has 1 aromatic carbocycles. The number of aromatic carboxylic acids is 1. The number of fused-ring (bicyclic) bond motifs is 2. The molecule has 3 aliphatic heterocycles. The third-order valence-electron chi connectivity index (χ3n) is 8.14. The number of para-hydroxylation sites is 1. The van der Waals surface area contributed by atoms with Gasteiger partial charge in [-0.25, -0.2) is 14.8 Å².